The standard InChI is InChI=1S/C17H20N2O2/c1-12(2)21-16-10-5-4-8-14(16)13(3)19-17(20)15-9-6-7-11-18-15/h4-13H,1-3H3,(H,19,20)/t13-/m0/s1. The first-order valence-electron chi connectivity index (χ1n) is 7.05. The summed E-state index contributed by atoms with van der Waals surface area (Å²) in [6.07, 6.45) is 1.69. The Hall–Kier alpha value is -2.36. The van der Waals surface area contributed by atoms with Crippen molar-refractivity contribution in [3.63, 3.8) is 0 Å². The molecule has 0 spiro atoms. The molecule has 0 radical (unpaired) electrons. The van der Waals surface area contributed by atoms with E-state index < -0.39 is 0 Å². The van der Waals surface area contributed by atoms with Crippen molar-refractivity contribution in [1.82, 2.24) is 10.3 Å². The van der Waals surface area contributed by atoms with Crippen LogP contribution in [0.2, 0.25) is 0 Å². The van der Waals surface area contributed by atoms with E-state index >= 15 is 0 Å². The van der Waals surface area contributed by atoms with Gasteiger partial charge in [-0.3, -0.25) is 9.78 Å². The van der Waals surface area contributed by atoms with Crippen molar-refractivity contribution in [3.05, 3.63) is 59.9 Å². The molecule has 1 heterocycles. The van der Waals surface area contributed by atoms with E-state index in [9.17, 15) is 4.79 Å². The number of hydrogen-bond donors (Lipinski definition) is 1. The molecule has 1 amide bonds. The Labute approximate surface area is 125 Å². The van der Waals surface area contributed by atoms with E-state index in [1.807, 2.05) is 45.0 Å². The minimum absolute atomic E-state index is 0.0878. The SMILES string of the molecule is CC(C)Oc1ccccc1[C@H](C)NC(=O)c1ccccn1. The third kappa shape index (κ3) is 4.05. The highest BCUT2D eigenvalue weighted by molar-refractivity contribution is 5.92. The number of ether oxygens (including phenoxy) is 1. The molecule has 0 aliphatic rings. The number of hydrogen-bond acceptors (Lipinski definition) is 3. The first kappa shape index (κ1) is 15.0. The number of rotatable bonds is 5. The molecule has 0 unspecified atom stereocenters. The minimum Gasteiger partial charge on any atom is -0.491 e. The Bertz CT molecular complexity index is 597. The van der Waals surface area contributed by atoms with E-state index in [-0.39, 0.29) is 18.1 Å². The molecule has 2 aromatic rings. The van der Waals surface area contributed by atoms with E-state index in [0.717, 1.165) is 11.3 Å². The molecular formula is C17H20N2O2. The van der Waals surface area contributed by atoms with Gasteiger partial charge in [-0.15, -0.1) is 0 Å². The Balaban J connectivity index is 2.13. The number of nitrogens with one attached hydrogen (secondary N) is 1. The molecule has 21 heavy (non-hydrogen) atoms. The Kier molecular flexibility index (Phi) is 4.93. The summed E-state index contributed by atoms with van der Waals surface area (Å²) in [4.78, 5) is 16.2. The topological polar surface area (TPSA) is 51.2 Å². The van der Waals surface area contributed by atoms with Gasteiger partial charge in [0.25, 0.3) is 5.91 Å². The molecule has 110 valence electrons. The quantitative estimate of drug-likeness (QED) is 0.916. The maximum atomic E-state index is 12.1. The number of nitrogens with zero attached hydrogens (tertiary/aromatic N) is 1. The summed E-state index contributed by atoms with van der Waals surface area (Å²) in [5, 5.41) is 2.94. The number of aromatic nitrogens is 1. The second-order valence-corrected chi connectivity index (χ2v) is 5.11. The number of benzene rings is 1. The van der Waals surface area contributed by atoms with Gasteiger partial charge in [-0.1, -0.05) is 24.3 Å². The van der Waals surface area contributed by atoms with E-state index in [4.69, 9.17) is 4.74 Å². The predicted molar refractivity (Wildman–Crippen MR) is 82.3 cm³/mol. The van der Waals surface area contributed by atoms with Crippen molar-refractivity contribution in [2.75, 3.05) is 0 Å². The zero-order chi connectivity index (χ0) is 15.2. The lowest BCUT2D eigenvalue weighted by Gasteiger charge is -2.19. The van der Waals surface area contributed by atoms with Crippen LogP contribution in [0.5, 0.6) is 5.75 Å². The van der Waals surface area contributed by atoms with Crippen LogP contribution in [-0.2, 0) is 0 Å². The molecule has 0 aliphatic heterocycles. The van der Waals surface area contributed by atoms with Crippen molar-refractivity contribution in [3.8, 4) is 5.75 Å². The molecule has 0 saturated heterocycles. The van der Waals surface area contributed by atoms with Crippen LogP contribution in [0.1, 0.15) is 42.9 Å². The fourth-order valence-corrected chi connectivity index (χ4v) is 2.04. The third-order valence-electron chi connectivity index (χ3n) is 2.99. The van der Waals surface area contributed by atoms with Crippen LogP contribution >= 0.6 is 0 Å². The van der Waals surface area contributed by atoms with Gasteiger partial charge in [-0.2, -0.15) is 0 Å². The van der Waals surface area contributed by atoms with Crippen LogP contribution in [0, 0.1) is 0 Å². The summed E-state index contributed by atoms with van der Waals surface area (Å²) >= 11 is 0. The van der Waals surface area contributed by atoms with Crippen molar-refractivity contribution >= 4 is 5.91 Å². The summed E-state index contributed by atoms with van der Waals surface area (Å²) < 4.78 is 5.79. The largest absolute Gasteiger partial charge is 0.491 e. The van der Waals surface area contributed by atoms with Gasteiger partial charge in [0.05, 0.1) is 12.1 Å². The molecule has 0 saturated carbocycles. The molecule has 1 N–H and O–H groups in total. The Morgan fingerprint density at radius 2 is 1.81 bits per heavy atom. The summed E-state index contributed by atoms with van der Waals surface area (Å²) in [5.41, 5.74) is 1.36. The fraction of sp³-hybridized carbons (Fsp3) is 0.294. The summed E-state index contributed by atoms with van der Waals surface area (Å²) in [7, 11) is 0. The maximum Gasteiger partial charge on any atom is 0.270 e. The summed E-state index contributed by atoms with van der Waals surface area (Å²) in [5.74, 6) is 0.601. The minimum atomic E-state index is -0.192. The van der Waals surface area contributed by atoms with Crippen LogP contribution in [0.25, 0.3) is 0 Å². The van der Waals surface area contributed by atoms with E-state index in [2.05, 4.69) is 10.3 Å². The normalized spacial score (nSPS) is 12.0. The molecule has 1 atom stereocenters. The smallest absolute Gasteiger partial charge is 0.270 e. The molecule has 0 aliphatic carbocycles. The predicted octanol–water partition coefficient (Wildman–Crippen LogP) is 3.36. The van der Waals surface area contributed by atoms with Gasteiger partial charge in [0.2, 0.25) is 0 Å². The highest BCUT2D eigenvalue weighted by atomic mass is 16.5. The highest BCUT2D eigenvalue weighted by Gasteiger charge is 2.16. The zero-order valence-corrected chi connectivity index (χ0v) is 12.5. The molecule has 0 bridgehead atoms. The van der Waals surface area contributed by atoms with Gasteiger partial charge in [-0.05, 0) is 39.0 Å². The van der Waals surface area contributed by atoms with Gasteiger partial charge in [0, 0.05) is 11.8 Å². The number of carbonyl (C=O) groups is 1. The fourth-order valence-electron chi connectivity index (χ4n) is 2.04. The molecule has 2 rings (SSSR count). The second kappa shape index (κ2) is 6.88. The number of para-hydroxylation sites is 1. The van der Waals surface area contributed by atoms with Crippen molar-refractivity contribution < 1.29 is 9.53 Å². The van der Waals surface area contributed by atoms with E-state index in [1.54, 1.807) is 24.4 Å². The van der Waals surface area contributed by atoms with Crippen molar-refractivity contribution in [2.45, 2.75) is 32.9 Å². The molecule has 4 nitrogen and oxygen atoms in total. The molecule has 0 fully saturated rings. The Morgan fingerprint density at radius 3 is 2.48 bits per heavy atom. The lowest BCUT2D eigenvalue weighted by Crippen LogP contribution is -2.27. The lowest BCUT2D eigenvalue weighted by atomic mass is 10.1. The van der Waals surface area contributed by atoms with Crippen molar-refractivity contribution in [1.29, 1.82) is 0 Å². The Morgan fingerprint density at radius 1 is 1.10 bits per heavy atom. The molecular weight excluding hydrogens is 264 g/mol. The number of amides is 1. The van der Waals surface area contributed by atoms with Crippen LogP contribution in [0.4, 0.5) is 0 Å². The van der Waals surface area contributed by atoms with Crippen LogP contribution in [-0.4, -0.2) is 17.0 Å². The van der Waals surface area contributed by atoms with E-state index in [1.165, 1.54) is 0 Å². The molecule has 1 aromatic heterocycles. The van der Waals surface area contributed by atoms with E-state index in [0.29, 0.717) is 5.69 Å². The van der Waals surface area contributed by atoms with Crippen LogP contribution in [0.3, 0.4) is 0 Å². The average molecular weight is 284 g/mol. The lowest BCUT2D eigenvalue weighted by molar-refractivity contribution is 0.0934. The average Bonchev–Trinajstić information content (AvgIpc) is 2.48. The van der Waals surface area contributed by atoms with Gasteiger partial charge < -0.3 is 10.1 Å². The third-order valence-corrected chi connectivity index (χ3v) is 2.99. The van der Waals surface area contributed by atoms with Gasteiger partial charge in [-0.25, -0.2) is 0 Å². The highest BCUT2D eigenvalue weighted by Crippen LogP contribution is 2.25. The van der Waals surface area contributed by atoms with Gasteiger partial charge in [0.15, 0.2) is 0 Å². The zero-order valence-electron chi connectivity index (χ0n) is 12.5. The molecule has 1 aromatic carbocycles. The summed E-state index contributed by atoms with van der Waals surface area (Å²) in [6, 6.07) is 12.8. The van der Waals surface area contributed by atoms with Crippen LogP contribution in [0.15, 0.2) is 48.7 Å². The second-order valence-electron chi connectivity index (χ2n) is 5.11. The van der Waals surface area contributed by atoms with Gasteiger partial charge in [0.1, 0.15) is 11.4 Å². The van der Waals surface area contributed by atoms with Gasteiger partial charge >= 0.3 is 0 Å². The number of pyridine rings is 1. The van der Waals surface area contributed by atoms with Crippen LogP contribution < -0.4 is 10.1 Å². The van der Waals surface area contributed by atoms with Crippen molar-refractivity contribution in [2.24, 2.45) is 0 Å². The number of carbonyl (C=O) groups excluding carboxylic acids is 1. The monoisotopic (exact) mass is 284 g/mol. The summed E-state index contributed by atoms with van der Waals surface area (Å²) in [6.45, 7) is 5.89. The maximum absolute atomic E-state index is 12.1. The first-order chi connectivity index (χ1) is 10.1. The molecule has 4 heteroatoms. The first-order valence-corrected chi connectivity index (χ1v) is 7.05.